The smallest absolute Gasteiger partial charge is 0.174 e. The van der Waals surface area contributed by atoms with Gasteiger partial charge in [0.2, 0.25) is 0 Å². The first-order valence-corrected chi connectivity index (χ1v) is 13.9. The molecule has 5 heteroatoms. The molecule has 0 amide bonds. The van der Waals surface area contributed by atoms with Crippen LogP contribution in [-0.4, -0.2) is 62.4 Å². The molecule has 1 spiro atoms. The van der Waals surface area contributed by atoms with Crippen LogP contribution in [0.1, 0.15) is 48.8 Å². The van der Waals surface area contributed by atoms with Gasteiger partial charge >= 0.3 is 0 Å². The number of ketones is 1. The number of hydrogen-bond acceptors (Lipinski definition) is 4. The molecule has 2 heterocycles. The number of rotatable bonds is 8. The number of likely N-dealkylation sites (N-methyl/N-ethyl adjacent to an activating group) is 1. The topological polar surface area (TPSA) is 44.8 Å². The number of aryl methyl sites for hydroxylation is 1. The Hall–Kier alpha value is -2.37. The van der Waals surface area contributed by atoms with E-state index in [1.165, 1.54) is 29.7 Å². The number of benzene rings is 2. The van der Waals surface area contributed by atoms with E-state index in [0.717, 1.165) is 61.2 Å². The molecule has 190 valence electrons. The molecule has 5 nitrogen and oxygen atoms in total. The van der Waals surface area contributed by atoms with Gasteiger partial charge in [-0.2, -0.15) is 0 Å². The maximum absolute atomic E-state index is 13.1. The molecule has 2 saturated carbocycles. The van der Waals surface area contributed by atoms with E-state index >= 15 is 0 Å². The van der Waals surface area contributed by atoms with E-state index in [4.69, 9.17) is 14.2 Å². The average Bonchev–Trinajstić information content (AvgIpc) is 3.52. The molecular weight excluding hydrogens is 450 g/mol. The first-order valence-electron chi connectivity index (χ1n) is 13.9. The lowest BCUT2D eigenvalue weighted by Crippen LogP contribution is -2.72. The van der Waals surface area contributed by atoms with Crippen molar-refractivity contribution in [1.29, 1.82) is 0 Å². The molecule has 5 aliphatic rings. The van der Waals surface area contributed by atoms with E-state index < -0.39 is 0 Å². The largest absolute Gasteiger partial charge is 0.493 e. The number of carbonyl (C=O) groups excluding carboxylic acids is 1. The summed E-state index contributed by atoms with van der Waals surface area (Å²) in [6.07, 6.45) is 7.24. The van der Waals surface area contributed by atoms with E-state index in [9.17, 15) is 4.79 Å². The SMILES string of the molecule is COc1ccc2c3c1O[C@H]1C(=O)CC[C@H]4[C@@H](C2)[N@@+](C)(CC2CC2OCCCc2ccccc2)CC[C@]314. The van der Waals surface area contributed by atoms with Gasteiger partial charge in [0.1, 0.15) is 0 Å². The van der Waals surface area contributed by atoms with E-state index in [1.807, 2.05) is 6.07 Å². The molecule has 2 aromatic carbocycles. The third kappa shape index (κ3) is 3.31. The van der Waals surface area contributed by atoms with Crippen LogP contribution in [0, 0.1) is 11.8 Å². The van der Waals surface area contributed by atoms with E-state index in [2.05, 4.69) is 43.4 Å². The summed E-state index contributed by atoms with van der Waals surface area (Å²) in [5, 5.41) is 0. The maximum Gasteiger partial charge on any atom is 0.174 e. The van der Waals surface area contributed by atoms with Crippen molar-refractivity contribution >= 4 is 5.78 Å². The zero-order chi connectivity index (χ0) is 24.5. The van der Waals surface area contributed by atoms with Crippen LogP contribution in [0.5, 0.6) is 11.5 Å². The Kier molecular flexibility index (Phi) is 5.27. The highest BCUT2D eigenvalue weighted by Gasteiger charge is 2.69. The van der Waals surface area contributed by atoms with Gasteiger partial charge in [-0.15, -0.1) is 0 Å². The second-order valence-electron chi connectivity index (χ2n) is 12.2. The first-order chi connectivity index (χ1) is 17.5. The summed E-state index contributed by atoms with van der Waals surface area (Å²) in [5.41, 5.74) is 3.95. The van der Waals surface area contributed by atoms with Gasteiger partial charge in [-0.25, -0.2) is 0 Å². The summed E-state index contributed by atoms with van der Waals surface area (Å²) in [5.74, 6) is 3.10. The van der Waals surface area contributed by atoms with Crippen LogP contribution in [0.4, 0.5) is 0 Å². The molecule has 2 aromatic rings. The first kappa shape index (κ1) is 22.8. The molecular formula is C31H38NO4+. The van der Waals surface area contributed by atoms with E-state index in [-0.39, 0.29) is 11.5 Å². The summed E-state index contributed by atoms with van der Waals surface area (Å²) < 4.78 is 19.6. The molecule has 2 bridgehead atoms. The van der Waals surface area contributed by atoms with Crippen molar-refractivity contribution in [2.24, 2.45) is 11.8 Å². The van der Waals surface area contributed by atoms with E-state index in [0.29, 0.717) is 36.2 Å². The van der Waals surface area contributed by atoms with Crippen molar-refractivity contribution in [2.45, 2.75) is 68.6 Å². The fourth-order valence-corrected chi connectivity index (χ4v) is 8.48. The highest BCUT2D eigenvalue weighted by atomic mass is 16.5. The maximum atomic E-state index is 13.1. The van der Waals surface area contributed by atoms with Gasteiger partial charge in [0, 0.05) is 43.3 Å². The predicted molar refractivity (Wildman–Crippen MR) is 137 cm³/mol. The average molecular weight is 489 g/mol. The van der Waals surface area contributed by atoms with Gasteiger partial charge < -0.3 is 18.7 Å². The van der Waals surface area contributed by atoms with Gasteiger partial charge in [-0.1, -0.05) is 36.4 Å². The van der Waals surface area contributed by atoms with Crippen LogP contribution >= 0.6 is 0 Å². The number of likely N-dealkylation sites (tertiary alicyclic amines) is 1. The molecule has 3 aliphatic carbocycles. The monoisotopic (exact) mass is 488 g/mol. The molecule has 36 heavy (non-hydrogen) atoms. The second kappa shape index (κ2) is 8.32. The van der Waals surface area contributed by atoms with Crippen molar-refractivity contribution in [3.05, 3.63) is 59.2 Å². The van der Waals surface area contributed by atoms with Crippen molar-refractivity contribution in [3.63, 3.8) is 0 Å². The molecule has 0 N–H and O–H groups in total. The summed E-state index contributed by atoms with van der Waals surface area (Å²) in [7, 11) is 4.19. The Morgan fingerprint density at radius 2 is 2.03 bits per heavy atom. The zero-order valence-electron chi connectivity index (χ0n) is 21.6. The van der Waals surface area contributed by atoms with Crippen molar-refractivity contribution in [2.75, 3.05) is 33.9 Å². The van der Waals surface area contributed by atoms with Gasteiger partial charge in [0.15, 0.2) is 23.4 Å². The molecule has 0 aromatic heterocycles. The number of hydrogen-bond donors (Lipinski definition) is 0. The molecule has 7 atom stereocenters. The number of nitrogens with zero attached hydrogens (tertiary/aromatic N) is 1. The summed E-state index contributed by atoms with van der Waals surface area (Å²) in [4.78, 5) is 13.1. The van der Waals surface area contributed by atoms with Gasteiger partial charge in [-0.3, -0.25) is 4.79 Å². The number of carbonyl (C=O) groups is 1. The summed E-state index contributed by atoms with van der Waals surface area (Å²) >= 11 is 0. The fraction of sp³-hybridized carbons (Fsp3) is 0.581. The van der Waals surface area contributed by atoms with Crippen LogP contribution in [0.15, 0.2) is 42.5 Å². The standard InChI is InChI=1S/C31H38NO4/c1-32(19-22-18-27(22)35-16-6-9-20-7-4-3-5-8-20)15-14-31-23-11-12-25(33)30(31)36-29-26(34-2)13-10-21(28(29)31)17-24(23)32/h3-5,7-8,10,13,22-24,27,30H,6,9,11-12,14-19H2,1-2H3/q+1/t22?,23-,24+,27?,30-,31-,32+/m0/s1. The van der Waals surface area contributed by atoms with Crippen LogP contribution in [-0.2, 0) is 27.8 Å². The number of Topliss-reactive ketones (excluding diaryl/α,β-unsaturated/α-hetero) is 1. The lowest BCUT2D eigenvalue weighted by atomic mass is 9.51. The van der Waals surface area contributed by atoms with Crippen LogP contribution < -0.4 is 9.47 Å². The van der Waals surface area contributed by atoms with Crippen molar-refractivity contribution < 1.29 is 23.5 Å². The molecule has 3 fully saturated rings. The minimum absolute atomic E-state index is 0.147. The lowest BCUT2D eigenvalue weighted by molar-refractivity contribution is -0.946. The van der Waals surface area contributed by atoms with Gasteiger partial charge in [0.25, 0.3) is 0 Å². The van der Waals surface area contributed by atoms with Gasteiger partial charge in [0.05, 0.1) is 44.8 Å². The molecule has 2 aliphatic heterocycles. The Morgan fingerprint density at radius 1 is 1.17 bits per heavy atom. The zero-order valence-corrected chi connectivity index (χ0v) is 21.6. The van der Waals surface area contributed by atoms with E-state index in [1.54, 1.807) is 7.11 Å². The highest BCUT2D eigenvalue weighted by Crippen LogP contribution is 2.64. The quantitative estimate of drug-likeness (QED) is 0.406. The Morgan fingerprint density at radius 3 is 2.86 bits per heavy atom. The van der Waals surface area contributed by atoms with Crippen LogP contribution in [0.3, 0.4) is 0 Å². The Bertz CT molecular complexity index is 1180. The molecule has 2 unspecified atom stereocenters. The number of piperidine rings is 1. The third-order valence-electron chi connectivity index (χ3n) is 10.3. The number of methoxy groups -OCH3 is 1. The molecule has 0 radical (unpaired) electrons. The molecule has 1 saturated heterocycles. The second-order valence-corrected chi connectivity index (χ2v) is 12.2. The number of ether oxygens (including phenoxy) is 3. The summed E-state index contributed by atoms with van der Waals surface area (Å²) in [6.45, 7) is 3.16. The highest BCUT2D eigenvalue weighted by molar-refractivity contribution is 5.89. The third-order valence-corrected chi connectivity index (χ3v) is 10.3. The minimum Gasteiger partial charge on any atom is -0.493 e. The van der Waals surface area contributed by atoms with Crippen LogP contribution in [0.25, 0.3) is 0 Å². The summed E-state index contributed by atoms with van der Waals surface area (Å²) in [6, 6.07) is 15.6. The Labute approximate surface area is 214 Å². The minimum atomic E-state index is -0.320. The van der Waals surface area contributed by atoms with Gasteiger partial charge in [-0.05, 0) is 42.9 Å². The predicted octanol–water partition coefficient (Wildman–Crippen LogP) is 4.49. The number of quaternary nitrogens is 1. The fourth-order valence-electron chi connectivity index (χ4n) is 8.48. The van der Waals surface area contributed by atoms with Crippen molar-refractivity contribution in [3.8, 4) is 11.5 Å². The lowest BCUT2D eigenvalue weighted by Gasteiger charge is -2.60. The van der Waals surface area contributed by atoms with Crippen molar-refractivity contribution in [1.82, 2.24) is 0 Å². The normalized spacial score (nSPS) is 37.3. The molecule has 7 rings (SSSR count). The Balaban J connectivity index is 1.07. The van der Waals surface area contributed by atoms with Crippen LogP contribution in [0.2, 0.25) is 0 Å².